The van der Waals surface area contributed by atoms with E-state index in [1.807, 2.05) is 13.3 Å². The Morgan fingerprint density at radius 2 is 1.95 bits per heavy atom. The average molecular weight is 258 g/mol. The van der Waals surface area contributed by atoms with Crippen LogP contribution in [0.2, 0.25) is 0 Å². The zero-order chi connectivity index (χ0) is 13.8. The molecule has 0 bridgehead atoms. The van der Waals surface area contributed by atoms with Crippen molar-refractivity contribution in [3.63, 3.8) is 0 Å². The lowest BCUT2D eigenvalue weighted by molar-refractivity contribution is 0.579. The number of aromatic nitrogens is 3. The largest absolute Gasteiger partial charge is 0.329 e. The Hall–Kier alpha value is -1.68. The van der Waals surface area contributed by atoms with E-state index in [-0.39, 0.29) is 0 Å². The molecule has 0 aliphatic carbocycles. The smallest absolute Gasteiger partial charge is 0.0955 e. The SMILES string of the molecule is Cc1ncn(Cc2cccc(CNC(C)C)n2)c1C. The van der Waals surface area contributed by atoms with Gasteiger partial charge in [0.1, 0.15) is 0 Å². The Labute approximate surface area is 114 Å². The van der Waals surface area contributed by atoms with Crippen LogP contribution in [-0.4, -0.2) is 20.6 Å². The molecule has 0 saturated heterocycles. The number of rotatable bonds is 5. The fraction of sp³-hybridized carbons (Fsp3) is 0.467. The first kappa shape index (κ1) is 13.7. The molecule has 0 spiro atoms. The van der Waals surface area contributed by atoms with Gasteiger partial charge >= 0.3 is 0 Å². The second-order valence-corrected chi connectivity index (χ2v) is 5.20. The van der Waals surface area contributed by atoms with Crippen molar-refractivity contribution in [3.8, 4) is 0 Å². The van der Waals surface area contributed by atoms with Crippen LogP contribution >= 0.6 is 0 Å². The van der Waals surface area contributed by atoms with Crippen molar-refractivity contribution >= 4 is 0 Å². The molecule has 0 aromatic carbocycles. The first-order valence-electron chi connectivity index (χ1n) is 6.73. The summed E-state index contributed by atoms with van der Waals surface area (Å²) in [5, 5.41) is 3.39. The van der Waals surface area contributed by atoms with Crippen LogP contribution in [0.5, 0.6) is 0 Å². The van der Waals surface area contributed by atoms with Crippen molar-refractivity contribution in [1.29, 1.82) is 0 Å². The predicted molar refractivity (Wildman–Crippen MR) is 77.0 cm³/mol. The van der Waals surface area contributed by atoms with Crippen molar-refractivity contribution < 1.29 is 0 Å². The lowest BCUT2D eigenvalue weighted by atomic mass is 10.2. The number of hydrogen-bond acceptors (Lipinski definition) is 3. The molecule has 0 aliphatic heterocycles. The van der Waals surface area contributed by atoms with Gasteiger partial charge in [-0.2, -0.15) is 0 Å². The molecule has 0 unspecified atom stereocenters. The highest BCUT2D eigenvalue weighted by Crippen LogP contribution is 2.08. The van der Waals surface area contributed by atoms with Gasteiger partial charge in [-0.15, -0.1) is 0 Å². The Morgan fingerprint density at radius 3 is 2.58 bits per heavy atom. The number of nitrogens with one attached hydrogen (secondary N) is 1. The van der Waals surface area contributed by atoms with E-state index in [9.17, 15) is 0 Å². The minimum absolute atomic E-state index is 0.476. The maximum atomic E-state index is 4.68. The molecule has 0 saturated carbocycles. The molecule has 4 nitrogen and oxygen atoms in total. The van der Waals surface area contributed by atoms with Crippen LogP contribution in [0.3, 0.4) is 0 Å². The highest BCUT2D eigenvalue weighted by Gasteiger charge is 2.04. The number of aryl methyl sites for hydroxylation is 1. The first-order valence-corrected chi connectivity index (χ1v) is 6.73. The minimum atomic E-state index is 0.476. The number of hydrogen-bond donors (Lipinski definition) is 1. The van der Waals surface area contributed by atoms with Crippen molar-refractivity contribution in [2.24, 2.45) is 0 Å². The Kier molecular flexibility index (Phi) is 4.32. The summed E-state index contributed by atoms with van der Waals surface area (Å²) in [5.41, 5.74) is 4.44. The van der Waals surface area contributed by atoms with Crippen LogP contribution in [-0.2, 0) is 13.1 Å². The standard InChI is InChI=1S/C15H22N4/c1-11(2)16-8-14-6-5-7-15(18-14)9-19-10-17-12(3)13(19)4/h5-7,10-11,16H,8-9H2,1-4H3. The molecule has 102 valence electrons. The quantitative estimate of drug-likeness (QED) is 0.895. The van der Waals surface area contributed by atoms with Crippen LogP contribution < -0.4 is 5.32 Å². The summed E-state index contributed by atoms with van der Waals surface area (Å²) < 4.78 is 2.14. The first-order chi connectivity index (χ1) is 9.06. The molecule has 2 rings (SSSR count). The number of imidazole rings is 1. The lowest BCUT2D eigenvalue weighted by Gasteiger charge is -2.09. The van der Waals surface area contributed by atoms with Gasteiger partial charge in [0.25, 0.3) is 0 Å². The highest BCUT2D eigenvalue weighted by atomic mass is 15.1. The van der Waals surface area contributed by atoms with Crippen LogP contribution in [0.4, 0.5) is 0 Å². The predicted octanol–water partition coefficient (Wildman–Crippen LogP) is 2.44. The van der Waals surface area contributed by atoms with Gasteiger partial charge < -0.3 is 9.88 Å². The van der Waals surface area contributed by atoms with E-state index in [0.29, 0.717) is 6.04 Å². The summed E-state index contributed by atoms with van der Waals surface area (Å²) in [6, 6.07) is 6.67. The second-order valence-electron chi connectivity index (χ2n) is 5.20. The zero-order valence-corrected chi connectivity index (χ0v) is 12.1. The van der Waals surface area contributed by atoms with E-state index in [1.165, 1.54) is 5.69 Å². The van der Waals surface area contributed by atoms with Gasteiger partial charge in [0.05, 0.1) is 30.0 Å². The third-order valence-electron chi connectivity index (χ3n) is 3.23. The van der Waals surface area contributed by atoms with Gasteiger partial charge in [-0.25, -0.2) is 4.98 Å². The zero-order valence-electron chi connectivity index (χ0n) is 12.1. The molecule has 2 aromatic rings. The van der Waals surface area contributed by atoms with Gasteiger partial charge in [0.15, 0.2) is 0 Å². The Bertz CT molecular complexity index is 543. The summed E-state index contributed by atoms with van der Waals surface area (Å²) in [5.74, 6) is 0. The van der Waals surface area contributed by atoms with Crippen molar-refractivity contribution in [2.45, 2.75) is 46.8 Å². The van der Waals surface area contributed by atoms with E-state index in [1.54, 1.807) is 0 Å². The van der Waals surface area contributed by atoms with Gasteiger partial charge in [0, 0.05) is 18.3 Å². The molecule has 0 aliphatic rings. The Balaban J connectivity index is 2.08. The molecular weight excluding hydrogens is 236 g/mol. The molecule has 0 amide bonds. The molecule has 4 heteroatoms. The molecular formula is C15H22N4. The summed E-state index contributed by atoms with van der Waals surface area (Å²) in [7, 11) is 0. The molecule has 19 heavy (non-hydrogen) atoms. The van der Waals surface area contributed by atoms with E-state index in [2.05, 4.69) is 58.8 Å². The van der Waals surface area contributed by atoms with Gasteiger partial charge in [-0.3, -0.25) is 4.98 Å². The van der Waals surface area contributed by atoms with Gasteiger partial charge in [0.2, 0.25) is 0 Å². The monoisotopic (exact) mass is 258 g/mol. The summed E-state index contributed by atoms with van der Waals surface area (Å²) in [6.07, 6.45) is 1.88. The number of nitrogens with zero attached hydrogens (tertiary/aromatic N) is 3. The fourth-order valence-electron chi connectivity index (χ4n) is 1.90. The second kappa shape index (κ2) is 5.97. The molecule has 2 heterocycles. The van der Waals surface area contributed by atoms with Crippen LogP contribution in [0, 0.1) is 13.8 Å². The fourth-order valence-corrected chi connectivity index (χ4v) is 1.90. The summed E-state index contributed by atoms with van der Waals surface area (Å²) in [6.45, 7) is 9.99. The van der Waals surface area contributed by atoms with Crippen LogP contribution in [0.15, 0.2) is 24.5 Å². The Morgan fingerprint density at radius 1 is 1.21 bits per heavy atom. The summed E-state index contributed by atoms with van der Waals surface area (Å²) >= 11 is 0. The molecule has 0 radical (unpaired) electrons. The third-order valence-corrected chi connectivity index (χ3v) is 3.23. The average Bonchev–Trinajstić information content (AvgIpc) is 2.69. The lowest BCUT2D eigenvalue weighted by Crippen LogP contribution is -2.22. The van der Waals surface area contributed by atoms with E-state index in [0.717, 1.165) is 30.2 Å². The van der Waals surface area contributed by atoms with Gasteiger partial charge in [-0.05, 0) is 26.0 Å². The minimum Gasteiger partial charge on any atom is -0.329 e. The maximum Gasteiger partial charge on any atom is 0.0955 e. The normalized spacial score (nSPS) is 11.2. The molecule has 1 N–H and O–H groups in total. The number of pyridine rings is 1. The molecule has 0 atom stereocenters. The maximum absolute atomic E-state index is 4.68. The van der Waals surface area contributed by atoms with E-state index in [4.69, 9.17) is 0 Å². The molecule has 2 aromatic heterocycles. The van der Waals surface area contributed by atoms with Gasteiger partial charge in [-0.1, -0.05) is 19.9 Å². The summed E-state index contributed by atoms with van der Waals surface area (Å²) in [4.78, 5) is 9.00. The topological polar surface area (TPSA) is 42.7 Å². The highest BCUT2D eigenvalue weighted by molar-refractivity contribution is 5.15. The van der Waals surface area contributed by atoms with Crippen LogP contribution in [0.1, 0.15) is 36.6 Å². The van der Waals surface area contributed by atoms with Crippen molar-refractivity contribution in [2.75, 3.05) is 0 Å². The molecule has 0 fully saturated rings. The van der Waals surface area contributed by atoms with Crippen LogP contribution in [0.25, 0.3) is 0 Å². The van der Waals surface area contributed by atoms with E-state index < -0.39 is 0 Å². The van der Waals surface area contributed by atoms with E-state index >= 15 is 0 Å². The van der Waals surface area contributed by atoms with Crippen molar-refractivity contribution in [3.05, 3.63) is 47.3 Å². The third kappa shape index (κ3) is 3.64. The van der Waals surface area contributed by atoms with Crippen molar-refractivity contribution in [1.82, 2.24) is 19.9 Å².